The summed E-state index contributed by atoms with van der Waals surface area (Å²) in [7, 11) is -3.48. The van der Waals surface area contributed by atoms with Gasteiger partial charge in [0, 0.05) is 64.7 Å². The van der Waals surface area contributed by atoms with Gasteiger partial charge in [-0.25, -0.2) is 8.42 Å². The van der Waals surface area contributed by atoms with Gasteiger partial charge in [-0.05, 0) is 37.1 Å². The summed E-state index contributed by atoms with van der Waals surface area (Å²) >= 11 is 0. The second kappa shape index (κ2) is 9.46. The lowest BCUT2D eigenvalue weighted by Gasteiger charge is -2.34. The molecule has 0 N–H and O–H groups in total. The zero-order valence-electron chi connectivity index (χ0n) is 17.9. The standard InChI is InChI=1S/C21H29N5O4S/c1-17-22-23-20(30-17)9-12-24-13-15-25(16-14-24)21(27)18-5-7-19(8-6-18)31(28,29)26-10-3-2-4-11-26/h5-8H,2-4,9-16H2,1H3. The van der Waals surface area contributed by atoms with E-state index in [2.05, 4.69) is 15.1 Å². The van der Waals surface area contributed by atoms with Crippen molar-refractivity contribution in [2.75, 3.05) is 45.8 Å². The number of benzene rings is 1. The van der Waals surface area contributed by atoms with Crippen molar-refractivity contribution in [1.82, 2.24) is 24.3 Å². The van der Waals surface area contributed by atoms with Crippen LogP contribution in [0.2, 0.25) is 0 Å². The number of carbonyl (C=O) groups is 1. The predicted molar refractivity (Wildman–Crippen MR) is 114 cm³/mol. The Morgan fingerprint density at radius 1 is 0.968 bits per heavy atom. The highest BCUT2D eigenvalue weighted by atomic mass is 32.2. The summed E-state index contributed by atoms with van der Waals surface area (Å²) in [5.41, 5.74) is 0.521. The van der Waals surface area contributed by atoms with Gasteiger partial charge in [0.05, 0.1) is 4.90 Å². The minimum atomic E-state index is -3.48. The lowest BCUT2D eigenvalue weighted by Crippen LogP contribution is -2.49. The number of piperidine rings is 1. The quantitative estimate of drug-likeness (QED) is 0.662. The molecule has 0 spiro atoms. The van der Waals surface area contributed by atoms with Crippen molar-refractivity contribution < 1.29 is 17.6 Å². The van der Waals surface area contributed by atoms with Gasteiger partial charge in [-0.2, -0.15) is 4.31 Å². The lowest BCUT2D eigenvalue weighted by atomic mass is 10.2. The minimum Gasteiger partial charge on any atom is -0.426 e. The Bertz CT molecular complexity index is 991. The van der Waals surface area contributed by atoms with E-state index in [9.17, 15) is 13.2 Å². The van der Waals surface area contributed by atoms with Gasteiger partial charge in [-0.1, -0.05) is 6.42 Å². The first-order chi connectivity index (χ1) is 14.9. The third-order valence-electron chi connectivity index (χ3n) is 5.92. The van der Waals surface area contributed by atoms with E-state index in [1.807, 2.05) is 4.90 Å². The first-order valence-corrected chi connectivity index (χ1v) is 12.3. The molecule has 0 aliphatic carbocycles. The summed E-state index contributed by atoms with van der Waals surface area (Å²) in [4.78, 5) is 17.2. The Hall–Kier alpha value is -2.30. The highest BCUT2D eigenvalue weighted by Gasteiger charge is 2.27. The largest absolute Gasteiger partial charge is 0.426 e. The second-order valence-electron chi connectivity index (χ2n) is 8.09. The van der Waals surface area contributed by atoms with Crippen LogP contribution in [0.3, 0.4) is 0 Å². The number of sulfonamides is 1. The Labute approximate surface area is 183 Å². The molecule has 0 saturated carbocycles. The summed E-state index contributed by atoms with van der Waals surface area (Å²) in [6.45, 7) is 6.55. The van der Waals surface area contributed by atoms with E-state index in [1.165, 1.54) is 0 Å². The third-order valence-corrected chi connectivity index (χ3v) is 7.84. The number of aromatic nitrogens is 2. The van der Waals surface area contributed by atoms with Crippen molar-refractivity contribution in [2.45, 2.75) is 37.5 Å². The molecule has 1 aromatic heterocycles. The van der Waals surface area contributed by atoms with Crippen LogP contribution < -0.4 is 0 Å². The third kappa shape index (κ3) is 5.13. The first-order valence-electron chi connectivity index (χ1n) is 10.8. The van der Waals surface area contributed by atoms with Crippen LogP contribution in [-0.4, -0.2) is 84.4 Å². The average Bonchev–Trinajstić information content (AvgIpc) is 3.23. The summed E-state index contributed by atoms with van der Waals surface area (Å²) in [6.07, 6.45) is 3.57. The molecule has 168 valence electrons. The fourth-order valence-electron chi connectivity index (χ4n) is 4.07. The highest BCUT2D eigenvalue weighted by Crippen LogP contribution is 2.21. The Morgan fingerprint density at radius 3 is 2.26 bits per heavy atom. The number of piperazine rings is 1. The summed E-state index contributed by atoms with van der Waals surface area (Å²) < 4.78 is 32.5. The number of aryl methyl sites for hydroxylation is 1. The molecule has 1 aromatic carbocycles. The van der Waals surface area contributed by atoms with Crippen LogP contribution >= 0.6 is 0 Å². The summed E-state index contributed by atoms with van der Waals surface area (Å²) in [5.74, 6) is 1.14. The molecule has 2 aliphatic heterocycles. The zero-order valence-corrected chi connectivity index (χ0v) is 18.7. The average molecular weight is 448 g/mol. The van der Waals surface area contributed by atoms with Gasteiger partial charge in [-0.15, -0.1) is 10.2 Å². The molecule has 2 aromatic rings. The maximum absolute atomic E-state index is 12.9. The molecule has 2 fully saturated rings. The van der Waals surface area contributed by atoms with Crippen LogP contribution in [0.4, 0.5) is 0 Å². The molecule has 0 bridgehead atoms. The van der Waals surface area contributed by atoms with Gasteiger partial charge in [0.15, 0.2) is 0 Å². The molecule has 1 amide bonds. The van der Waals surface area contributed by atoms with Gasteiger partial charge in [0.25, 0.3) is 5.91 Å². The van der Waals surface area contributed by atoms with Crippen LogP contribution in [0.1, 0.15) is 41.4 Å². The minimum absolute atomic E-state index is 0.0610. The van der Waals surface area contributed by atoms with E-state index in [0.717, 1.165) is 38.9 Å². The molecule has 4 rings (SSSR count). The van der Waals surface area contributed by atoms with E-state index in [1.54, 1.807) is 35.5 Å². The molecular formula is C21H29N5O4S. The Kier molecular flexibility index (Phi) is 6.68. The van der Waals surface area contributed by atoms with Gasteiger partial charge >= 0.3 is 0 Å². The maximum atomic E-state index is 12.9. The van der Waals surface area contributed by atoms with Gasteiger partial charge < -0.3 is 9.32 Å². The fourth-order valence-corrected chi connectivity index (χ4v) is 5.59. The van der Waals surface area contributed by atoms with Gasteiger partial charge in [0.2, 0.25) is 21.8 Å². The van der Waals surface area contributed by atoms with E-state index in [-0.39, 0.29) is 10.8 Å². The van der Waals surface area contributed by atoms with Gasteiger partial charge in [0.1, 0.15) is 0 Å². The molecule has 2 saturated heterocycles. The van der Waals surface area contributed by atoms with Crippen LogP contribution in [0.25, 0.3) is 0 Å². The zero-order chi connectivity index (χ0) is 21.8. The molecule has 9 nitrogen and oxygen atoms in total. The van der Waals surface area contributed by atoms with Crippen molar-refractivity contribution in [2.24, 2.45) is 0 Å². The SMILES string of the molecule is Cc1nnc(CCN2CCN(C(=O)c3ccc(S(=O)(=O)N4CCCCC4)cc3)CC2)o1. The number of nitrogens with zero attached hydrogens (tertiary/aromatic N) is 5. The van der Waals surface area contributed by atoms with Crippen molar-refractivity contribution >= 4 is 15.9 Å². The Balaban J connectivity index is 1.30. The molecule has 2 aliphatic rings. The van der Waals surface area contributed by atoms with Crippen LogP contribution in [0.5, 0.6) is 0 Å². The smallest absolute Gasteiger partial charge is 0.253 e. The topological polar surface area (TPSA) is 99.8 Å². The molecule has 10 heteroatoms. The predicted octanol–water partition coefficient (Wildman–Crippen LogP) is 1.55. The van der Waals surface area contributed by atoms with Gasteiger partial charge in [-0.3, -0.25) is 9.69 Å². The van der Waals surface area contributed by atoms with E-state index < -0.39 is 10.0 Å². The molecule has 0 radical (unpaired) electrons. The molecule has 0 unspecified atom stereocenters. The number of rotatable bonds is 6. The molecular weight excluding hydrogens is 418 g/mol. The summed E-state index contributed by atoms with van der Waals surface area (Å²) in [6, 6.07) is 6.37. The van der Waals surface area contributed by atoms with Crippen molar-refractivity contribution in [3.63, 3.8) is 0 Å². The molecule has 0 atom stereocenters. The van der Waals surface area contributed by atoms with Crippen molar-refractivity contribution in [3.8, 4) is 0 Å². The van der Waals surface area contributed by atoms with Crippen molar-refractivity contribution in [3.05, 3.63) is 41.6 Å². The summed E-state index contributed by atoms with van der Waals surface area (Å²) in [5, 5.41) is 7.85. The normalized spacial score (nSPS) is 18.9. The number of carbonyl (C=O) groups excluding carboxylic acids is 1. The highest BCUT2D eigenvalue weighted by molar-refractivity contribution is 7.89. The van der Waals surface area contributed by atoms with E-state index in [4.69, 9.17) is 4.42 Å². The number of amides is 1. The van der Waals surface area contributed by atoms with Crippen molar-refractivity contribution in [1.29, 1.82) is 0 Å². The second-order valence-corrected chi connectivity index (χ2v) is 10.0. The van der Waals surface area contributed by atoms with Crippen LogP contribution in [0.15, 0.2) is 33.6 Å². The van der Waals surface area contributed by atoms with E-state index in [0.29, 0.717) is 49.9 Å². The fraction of sp³-hybridized carbons (Fsp3) is 0.571. The molecule has 31 heavy (non-hydrogen) atoms. The van der Waals surface area contributed by atoms with Crippen LogP contribution in [0, 0.1) is 6.92 Å². The van der Waals surface area contributed by atoms with E-state index >= 15 is 0 Å². The lowest BCUT2D eigenvalue weighted by molar-refractivity contribution is 0.0636. The maximum Gasteiger partial charge on any atom is 0.253 e. The number of hydrogen-bond acceptors (Lipinski definition) is 7. The molecule has 3 heterocycles. The van der Waals surface area contributed by atoms with Crippen LogP contribution in [-0.2, 0) is 16.4 Å². The monoisotopic (exact) mass is 447 g/mol. The number of hydrogen-bond donors (Lipinski definition) is 0. The first kappa shape index (κ1) is 21.9. The Morgan fingerprint density at radius 2 is 1.65 bits per heavy atom.